The minimum absolute atomic E-state index is 0.0805. The van der Waals surface area contributed by atoms with Gasteiger partial charge in [-0.15, -0.1) is 11.3 Å². The minimum atomic E-state index is -0.404. The number of nitrogens with two attached hydrogens (primary N) is 1. The van der Waals surface area contributed by atoms with Crippen LogP contribution in [0.25, 0.3) is 0 Å². The molecule has 28 heavy (non-hydrogen) atoms. The van der Waals surface area contributed by atoms with Gasteiger partial charge in [0.1, 0.15) is 5.82 Å². The molecule has 0 saturated carbocycles. The van der Waals surface area contributed by atoms with E-state index in [0.29, 0.717) is 34.8 Å². The van der Waals surface area contributed by atoms with E-state index in [0.717, 1.165) is 16.3 Å². The minimum Gasteiger partial charge on any atom is -0.384 e. The van der Waals surface area contributed by atoms with Crippen LogP contribution in [0.1, 0.15) is 37.5 Å². The lowest BCUT2D eigenvalue weighted by Crippen LogP contribution is -2.42. The van der Waals surface area contributed by atoms with Gasteiger partial charge in [-0.05, 0) is 41.5 Å². The van der Waals surface area contributed by atoms with Crippen molar-refractivity contribution in [1.82, 2.24) is 0 Å². The molecule has 4 nitrogen and oxygen atoms in total. The van der Waals surface area contributed by atoms with Crippen LogP contribution in [-0.2, 0) is 4.79 Å². The van der Waals surface area contributed by atoms with Gasteiger partial charge in [0.2, 0.25) is 0 Å². The summed E-state index contributed by atoms with van der Waals surface area (Å²) in [6.07, 6.45) is 1.15. The van der Waals surface area contributed by atoms with Gasteiger partial charge < -0.3 is 5.73 Å². The molecule has 0 radical (unpaired) electrons. The highest BCUT2D eigenvalue weighted by molar-refractivity contribution is 7.10. The van der Waals surface area contributed by atoms with E-state index in [2.05, 4.69) is 19.9 Å². The summed E-state index contributed by atoms with van der Waals surface area (Å²) < 4.78 is 0. The van der Waals surface area contributed by atoms with Crippen LogP contribution in [0.4, 0.5) is 5.69 Å². The molecule has 1 atom stereocenters. The van der Waals surface area contributed by atoms with Crippen LogP contribution >= 0.6 is 22.9 Å². The van der Waals surface area contributed by atoms with Crippen LogP contribution in [-0.4, -0.2) is 5.78 Å². The summed E-state index contributed by atoms with van der Waals surface area (Å²) in [4.78, 5) is 16.1. The fraction of sp³-hybridized carbons (Fsp3) is 0.273. The van der Waals surface area contributed by atoms with Crippen LogP contribution in [0.5, 0.6) is 0 Å². The van der Waals surface area contributed by atoms with Gasteiger partial charge in [0, 0.05) is 33.3 Å². The molecule has 1 unspecified atom stereocenters. The average molecular weight is 410 g/mol. The monoisotopic (exact) mass is 409 g/mol. The molecular formula is C22H20ClN3OS. The van der Waals surface area contributed by atoms with Crippen LogP contribution < -0.4 is 10.6 Å². The fourth-order valence-corrected chi connectivity index (χ4v) is 5.19. The van der Waals surface area contributed by atoms with E-state index < -0.39 is 5.92 Å². The summed E-state index contributed by atoms with van der Waals surface area (Å²) in [6, 6.07) is 13.5. The zero-order chi connectivity index (χ0) is 20.1. The van der Waals surface area contributed by atoms with Crippen molar-refractivity contribution < 1.29 is 4.79 Å². The van der Waals surface area contributed by atoms with E-state index in [-0.39, 0.29) is 11.2 Å². The molecule has 0 amide bonds. The predicted molar refractivity (Wildman–Crippen MR) is 113 cm³/mol. The van der Waals surface area contributed by atoms with Gasteiger partial charge in [0.25, 0.3) is 0 Å². The lowest BCUT2D eigenvalue weighted by molar-refractivity contribution is -0.118. The van der Waals surface area contributed by atoms with Gasteiger partial charge in [0.05, 0.1) is 17.6 Å². The Morgan fingerprint density at radius 1 is 1.29 bits per heavy atom. The Morgan fingerprint density at radius 2 is 2.07 bits per heavy atom. The van der Waals surface area contributed by atoms with Crippen molar-refractivity contribution in [2.45, 2.75) is 32.6 Å². The zero-order valence-corrected chi connectivity index (χ0v) is 17.3. The first-order valence-electron chi connectivity index (χ1n) is 9.07. The molecule has 0 fully saturated rings. The number of carbonyl (C=O) groups is 1. The molecule has 0 spiro atoms. The second-order valence-electron chi connectivity index (χ2n) is 7.98. The summed E-state index contributed by atoms with van der Waals surface area (Å²) in [7, 11) is 0. The van der Waals surface area contributed by atoms with Crippen molar-refractivity contribution in [2.75, 3.05) is 4.90 Å². The molecule has 1 aromatic carbocycles. The number of rotatable bonds is 2. The summed E-state index contributed by atoms with van der Waals surface area (Å²) in [6.45, 7) is 4.18. The van der Waals surface area contributed by atoms with Crippen molar-refractivity contribution in [3.05, 3.63) is 74.3 Å². The van der Waals surface area contributed by atoms with Crippen LogP contribution in [0.2, 0.25) is 5.02 Å². The molecule has 2 aromatic rings. The second-order valence-corrected chi connectivity index (χ2v) is 9.39. The molecule has 6 heteroatoms. The topological polar surface area (TPSA) is 70.1 Å². The van der Waals surface area contributed by atoms with Gasteiger partial charge in [0.15, 0.2) is 5.78 Å². The standard InChI is InChI=1S/C22H20ClN3OS/c1-22(2)10-16-20(17(27)11-22)19(18-7-4-8-28-18)15(12-24)21(25)26(16)14-6-3-5-13(23)9-14/h3-9,19H,10-11,25H2,1-2H3. The Morgan fingerprint density at radius 3 is 2.71 bits per heavy atom. The van der Waals surface area contributed by atoms with Crippen LogP contribution in [0, 0.1) is 16.7 Å². The number of nitrogens with zero attached hydrogens (tertiary/aromatic N) is 2. The highest BCUT2D eigenvalue weighted by atomic mass is 35.5. The van der Waals surface area contributed by atoms with Gasteiger partial charge in [-0.25, -0.2) is 0 Å². The van der Waals surface area contributed by atoms with Crippen molar-refractivity contribution in [3.63, 3.8) is 0 Å². The molecular weight excluding hydrogens is 390 g/mol. The third-order valence-corrected chi connectivity index (χ3v) is 6.45. The van der Waals surface area contributed by atoms with E-state index in [4.69, 9.17) is 17.3 Å². The average Bonchev–Trinajstić information content (AvgIpc) is 3.14. The lowest BCUT2D eigenvalue weighted by atomic mass is 9.69. The second kappa shape index (κ2) is 6.80. The molecule has 2 aliphatic rings. The van der Waals surface area contributed by atoms with Gasteiger partial charge in [-0.3, -0.25) is 9.69 Å². The molecule has 1 aliphatic heterocycles. The predicted octanol–water partition coefficient (Wildman–Crippen LogP) is 5.34. The first kappa shape index (κ1) is 18.8. The summed E-state index contributed by atoms with van der Waals surface area (Å²) in [5.41, 5.74) is 9.11. The number of allylic oxidation sites excluding steroid dienone is 3. The number of benzene rings is 1. The molecule has 4 rings (SSSR count). The number of hydrogen-bond acceptors (Lipinski definition) is 5. The summed E-state index contributed by atoms with van der Waals surface area (Å²) in [5, 5.41) is 12.5. The van der Waals surface area contributed by atoms with Gasteiger partial charge in [-0.2, -0.15) is 5.26 Å². The van der Waals surface area contributed by atoms with E-state index >= 15 is 0 Å². The first-order chi connectivity index (χ1) is 13.3. The number of halogens is 1. The zero-order valence-electron chi connectivity index (χ0n) is 15.7. The Labute approximate surface area is 173 Å². The maximum absolute atomic E-state index is 13.3. The molecule has 0 bridgehead atoms. The highest BCUT2D eigenvalue weighted by Gasteiger charge is 2.44. The largest absolute Gasteiger partial charge is 0.384 e. The number of nitriles is 1. The smallest absolute Gasteiger partial charge is 0.162 e. The van der Waals surface area contributed by atoms with E-state index in [1.54, 1.807) is 17.4 Å². The quantitative estimate of drug-likeness (QED) is 0.726. The maximum Gasteiger partial charge on any atom is 0.162 e. The van der Waals surface area contributed by atoms with E-state index in [1.807, 2.05) is 40.6 Å². The Bertz CT molecular complexity index is 1060. The number of thiophene rings is 1. The van der Waals surface area contributed by atoms with E-state index in [1.165, 1.54) is 0 Å². The van der Waals surface area contributed by atoms with Crippen molar-refractivity contribution >= 4 is 34.4 Å². The molecule has 142 valence electrons. The normalized spacial score (nSPS) is 21.6. The molecule has 0 saturated heterocycles. The number of carbonyl (C=O) groups excluding carboxylic acids is 1. The van der Waals surface area contributed by atoms with Crippen molar-refractivity contribution in [3.8, 4) is 6.07 Å². The molecule has 2 heterocycles. The SMILES string of the molecule is CC1(C)CC(=O)C2=C(C1)N(c1cccc(Cl)c1)C(N)=C(C#N)C2c1cccs1. The lowest BCUT2D eigenvalue weighted by Gasteiger charge is -2.43. The molecule has 1 aromatic heterocycles. The molecule has 1 aliphatic carbocycles. The third-order valence-electron chi connectivity index (χ3n) is 5.28. The fourth-order valence-electron chi connectivity index (χ4n) is 4.16. The third kappa shape index (κ3) is 3.03. The van der Waals surface area contributed by atoms with Crippen molar-refractivity contribution in [2.24, 2.45) is 11.1 Å². The van der Waals surface area contributed by atoms with E-state index in [9.17, 15) is 10.1 Å². The van der Waals surface area contributed by atoms with Crippen LogP contribution in [0.3, 0.4) is 0 Å². The van der Waals surface area contributed by atoms with Gasteiger partial charge >= 0.3 is 0 Å². The van der Waals surface area contributed by atoms with Gasteiger partial charge in [-0.1, -0.05) is 37.6 Å². The van der Waals surface area contributed by atoms with Crippen LogP contribution in [0.15, 0.2) is 64.4 Å². The Balaban J connectivity index is 2.00. The number of hydrogen-bond donors (Lipinski definition) is 1. The van der Waals surface area contributed by atoms with Crippen molar-refractivity contribution in [1.29, 1.82) is 5.26 Å². The Hall–Kier alpha value is -2.55. The molecule has 2 N–H and O–H groups in total. The number of Topliss-reactive ketones (excluding diaryl/α,β-unsaturated/α-hetero) is 1. The summed E-state index contributed by atoms with van der Waals surface area (Å²) >= 11 is 7.76. The summed E-state index contributed by atoms with van der Waals surface area (Å²) in [5.74, 6) is 0.0448. The highest BCUT2D eigenvalue weighted by Crippen LogP contribution is 2.50. The number of anilines is 1. The maximum atomic E-state index is 13.3. The Kier molecular flexibility index (Phi) is 4.57. The number of ketones is 1. The first-order valence-corrected chi connectivity index (χ1v) is 10.3.